The maximum Gasteiger partial charge on any atom is 0.222 e. The van der Waals surface area contributed by atoms with Gasteiger partial charge in [0.2, 0.25) is 5.91 Å². The van der Waals surface area contributed by atoms with Crippen molar-refractivity contribution in [3.63, 3.8) is 0 Å². The maximum absolute atomic E-state index is 12.3. The number of ether oxygens (including phenoxy) is 1. The maximum atomic E-state index is 12.3. The summed E-state index contributed by atoms with van der Waals surface area (Å²) in [5, 5.41) is 3.37. The zero-order valence-electron chi connectivity index (χ0n) is 15.0. The fraction of sp³-hybridized carbons (Fsp3) is 0.650. The Labute approximate surface area is 157 Å². The van der Waals surface area contributed by atoms with Gasteiger partial charge in [-0.25, -0.2) is 0 Å². The number of piperidine rings is 1. The third kappa shape index (κ3) is 6.61. The zero-order chi connectivity index (χ0) is 16.6. The Bertz CT molecular complexity index is 498. The summed E-state index contributed by atoms with van der Waals surface area (Å²) in [4.78, 5) is 14.4. The van der Waals surface area contributed by atoms with Gasteiger partial charge >= 0.3 is 0 Å². The van der Waals surface area contributed by atoms with E-state index in [0.29, 0.717) is 24.3 Å². The van der Waals surface area contributed by atoms with Gasteiger partial charge in [0.1, 0.15) is 0 Å². The van der Waals surface area contributed by atoms with Gasteiger partial charge in [-0.05, 0) is 56.7 Å². The first-order valence-electron chi connectivity index (χ1n) is 9.45. The van der Waals surface area contributed by atoms with Gasteiger partial charge in [-0.2, -0.15) is 0 Å². The molecule has 2 fully saturated rings. The van der Waals surface area contributed by atoms with Crippen LogP contribution in [0.1, 0.15) is 37.7 Å². The Hall–Kier alpha value is -1.10. The second-order valence-corrected chi connectivity index (χ2v) is 7.08. The predicted molar refractivity (Wildman–Crippen MR) is 103 cm³/mol. The van der Waals surface area contributed by atoms with Crippen molar-refractivity contribution in [3.05, 3.63) is 35.9 Å². The van der Waals surface area contributed by atoms with Gasteiger partial charge in [0.25, 0.3) is 0 Å². The Balaban J connectivity index is 0.00000225. The molecule has 4 nitrogen and oxygen atoms in total. The fourth-order valence-electron chi connectivity index (χ4n) is 3.71. The van der Waals surface area contributed by atoms with E-state index in [9.17, 15) is 4.79 Å². The van der Waals surface area contributed by atoms with Crippen molar-refractivity contribution >= 4 is 18.3 Å². The molecule has 5 heteroatoms. The zero-order valence-corrected chi connectivity index (χ0v) is 15.8. The fourth-order valence-corrected chi connectivity index (χ4v) is 3.71. The highest BCUT2D eigenvalue weighted by molar-refractivity contribution is 5.85. The summed E-state index contributed by atoms with van der Waals surface area (Å²) in [6.07, 6.45) is 6.22. The van der Waals surface area contributed by atoms with Crippen molar-refractivity contribution in [1.29, 1.82) is 0 Å². The molecule has 0 spiro atoms. The van der Waals surface area contributed by atoms with Crippen molar-refractivity contribution in [2.75, 3.05) is 32.8 Å². The average Bonchev–Trinajstić information content (AvgIpc) is 3.15. The average molecular weight is 367 g/mol. The van der Waals surface area contributed by atoms with Crippen LogP contribution in [0.3, 0.4) is 0 Å². The molecule has 25 heavy (non-hydrogen) atoms. The standard InChI is InChI=1S/C20H30N2O2.ClH/c23-20(7-6-18-8-12-21-16-18)22-13-9-19(10-14-22)24-15-11-17-4-2-1-3-5-17;/h1-5,18-19,21H,6-16H2;1H. The second-order valence-electron chi connectivity index (χ2n) is 7.08. The highest BCUT2D eigenvalue weighted by Crippen LogP contribution is 2.18. The quantitative estimate of drug-likeness (QED) is 0.806. The number of benzene rings is 1. The van der Waals surface area contributed by atoms with E-state index in [-0.39, 0.29) is 12.4 Å². The first-order valence-corrected chi connectivity index (χ1v) is 9.45. The number of halogens is 1. The molecule has 1 N–H and O–H groups in total. The van der Waals surface area contributed by atoms with E-state index >= 15 is 0 Å². The summed E-state index contributed by atoms with van der Waals surface area (Å²) in [5.41, 5.74) is 1.33. The van der Waals surface area contributed by atoms with Gasteiger partial charge in [0, 0.05) is 19.5 Å². The van der Waals surface area contributed by atoms with Gasteiger partial charge in [0.05, 0.1) is 12.7 Å². The van der Waals surface area contributed by atoms with Gasteiger partial charge in [-0.1, -0.05) is 30.3 Å². The number of amides is 1. The van der Waals surface area contributed by atoms with Gasteiger partial charge in [-0.3, -0.25) is 4.79 Å². The lowest BCUT2D eigenvalue weighted by Crippen LogP contribution is -2.41. The van der Waals surface area contributed by atoms with Crippen LogP contribution in [0.2, 0.25) is 0 Å². The van der Waals surface area contributed by atoms with E-state index in [1.807, 2.05) is 11.0 Å². The smallest absolute Gasteiger partial charge is 0.222 e. The molecular formula is C20H31ClN2O2. The van der Waals surface area contributed by atoms with Crippen molar-refractivity contribution in [2.24, 2.45) is 5.92 Å². The normalized spacial score (nSPS) is 21.1. The molecule has 3 rings (SSSR count). The Morgan fingerprint density at radius 2 is 1.92 bits per heavy atom. The van der Waals surface area contributed by atoms with Crippen molar-refractivity contribution in [1.82, 2.24) is 10.2 Å². The van der Waals surface area contributed by atoms with E-state index in [0.717, 1.165) is 58.5 Å². The highest BCUT2D eigenvalue weighted by Gasteiger charge is 2.24. The van der Waals surface area contributed by atoms with E-state index < -0.39 is 0 Å². The summed E-state index contributed by atoms with van der Waals surface area (Å²) < 4.78 is 6.01. The summed E-state index contributed by atoms with van der Waals surface area (Å²) >= 11 is 0. The molecule has 1 aromatic carbocycles. The minimum atomic E-state index is 0. The van der Waals surface area contributed by atoms with Crippen LogP contribution in [0.5, 0.6) is 0 Å². The molecule has 0 aliphatic carbocycles. The van der Waals surface area contributed by atoms with E-state index in [1.165, 1.54) is 12.0 Å². The lowest BCUT2D eigenvalue weighted by molar-refractivity contribution is -0.134. The molecule has 2 saturated heterocycles. The summed E-state index contributed by atoms with van der Waals surface area (Å²) in [6, 6.07) is 10.5. The van der Waals surface area contributed by atoms with Gasteiger partial charge in [-0.15, -0.1) is 12.4 Å². The first-order chi connectivity index (χ1) is 11.8. The third-order valence-electron chi connectivity index (χ3n) is 5.31. The van der Waals surface area contributed by atoms with Crippen molar-refractivity contribution in [3.8, 4) is 0 Å². The molecule has 0 radical (unpaired) electrons. The number of rotatable bonds is 7. The molecule has 1 unspecified atom stereocenters. The number of nitrogens with one attached hydrogen (secondary N) is 1. The molecule has 140 valence electrons. The number of hydrogen-bond acceptors (Lipinski definition) is 3. The van der Waals surface area contributed by atoms with Crippen LogP contribution in [0.4, 0.5) is 0 Å². The third-order valence-corrected chi connectivity index (χ3v) is 5.31. The number of nitrogens with zero attached hydrogens (tertiary/aromatic N) is 1. The minimum absolute atomic E-state index is 0. The van der Waals surface area contributed by atoms with Crippen LogP contribution >= 0.6 is 12.4 Å². The SMILES string of the molecule is Cl.O=C(CCC1CCNC1)N1CCC(OCCc2ccccc2)CC1. The Morgan fingerprint density at radius 1 is 1.16 bits per heavy atom. The van der Waals surface area contributed by atoms with Crippen LogP contribution in [0, 0.1) is 5.92 Å². The van der Waals surface area contributed by atoms with Crippen LogP contribution in [0.15, 0.2) is 30.3 Å². The topological polar surface area (TPSA) is 41.6 Å². The molecule has 0 aromatic heterocycles. The highest BCUT2D eigenvalue weighted by atomic mass is 35.5. The summed E-state index contributed by atoms with van der Waals surface area (Å²) in [6.45, 7) is 4.70. The molecular weight excluding hydrogens is 336 g/mol. The number of hydrogen-bond donors (Lipinski definition) is 1. The van der Waals surface area contributed by atoms with E-state index in [1.54, 1.807) is 0 Å². The number of carbonyl (C=O) groups is 1. The molecule has 0 bridgehead atoms. The number of carbonyl (C=O) groups excluding carboxylic acids is 1. The molecule has 0 saturated carbocycles. The monoisotopic (exact) mass is 366 g/mol. The predicted octanol–water partition coefficient (Wildman–Crippen LogP) is 3.05. The van der Waals surface area contributed by atoms with E-state index in [2.05, 4.69) is 29.6 Å². The van der Waals surface area contributed by atoms with Crippen LogP contribution in [-0.2, 0) is 16.0 Å². The van der Waals surface area contributed by atoms with E-state index in [4.69, 9.17) is 4.74 Å². The van der Waals surface area contributed by atoms with Crippen LogP contribution in [0.25, 0.3) is 0 Å². The summed E-state index contributed by atoms with van der Waals surface area (Å²) in [5.74, 6) is 1.04. The van der Waals surface area contributed by atoms with Crippen molar-refractivity contribution in [2.45, 2.75) is 44.6 Å². The summed E-state index contributed by atoms with van der Waals surface area (Å²) in [7, 11) is 0. The lowest BCUT2D eigenvalue weighted by atomic mass is 10.0. The molecule has 1 amide bonds. The second kappa shape index (κ2) is 10.8. The van der Waals surface area contributed by atoms with Gasteiger partial charge < -0.3 is 15.0 Å². The Kier molecular flexibility index (Phi) is 8.73. The van der Waals surface area contributed by atoms with Crippen LogP contribution < -0.4 is 5.32 Å². The molecule has 2 aliphatic rings. The van der Waals surface area contributed by atoms with Crippen molar-refractivity contribution < 1.29 is 9.53 Å². The van der Waals surface area contributed by atoms with Crippen LogP contribution in [-0.4, -0.2) is 49.7 Å². The van der Waals surface area contributed by atoms with Gasteiger partial charge in [0.15, 0.2) is 0 Å². The molecule has 1 aromatic rings. The number of likely N-dealkylation sites (tertiary alicyclic amines) is 1. The molecule has 2 heterocycles. The largest absolute Gasteiger partial charge is 0.378 e. The molecule has 2 aliphatic heterocycles. The minimum Gasteiger partial charge on any atom is -0.378 e. The lowest BCUT2D eigenvalue weighted by Gasteiger charge is -2.32. The first kappa shape index (κ1) is 20.2. The molecule has 1 atom stereocenters. The Morgan fingerprint density at radius 3 is 2.60 bits per heavy atom.